The minimum Gasteiger partial charge on any atom is -0.321 e. The second-order valence-electron chi connectivity index (χ2n) is 4.62. The lowest BCUT2D eigenvalue weighted by Crippen LogP contribution is -2.16. The number of para-hydroxylation sites is 1. The van der Waals surface area contributed by atoms with Crippen molar-refractivity contribution in [3.63, 3.8) is 0 Å². The third-order valence-electron chi connectivity index (χ3n) is 3.07. The van der Waals surface area contributed by atoms with E-state index in [2.05, 4.69) is 20.3 Å². The number of benzene rings is 1. The number of nitrogens with one attached hydrogen (secondary N) is 1. The van der Waals surface area contributed by atoms with Crippen LogP contribution in [-0.4, -0.2) is 20.9 Å². The summed E-state index contributed by atoms with van der Waals surface area (Å²) >= 11 is 0. The van der Waals surface area contributed by atoms with Crippen molar-refractivity contribution in [1.29, 1.82) is 0 Å². The average molecular weight is 318 g/mol. The molecule has 2 heterocycles. The number of halogens is 3. The summed E-state index contributed by atoms with van der Waals surface area (Å²) in [7, 11) is 0. The van der Waals surface area contributed by atoms with Crippen molar-refractivity contribution in [1.82, 2.24) is 15.0 Å². The molecule has 0 saturated heterocycles. The normalized spacial score (nSPS) is 11.4. The fraction of sp³-hybridized carbons (Fsp3) is 0.0667. The molecule has 1 amide bonds. The average Bonchev–Trinajstić information content (AvgIpc) is 2.54. The van der Waals surface area contributed by atoms with Crippen molar-refractivity contribution in [2.45, 2.75) is 6.18 Å². The second kappa shape index (κ2) is 5.64. The Morgan fingerprint density at radius 1 is 1.04 bits per heavy atom. The first kappa shape index (κ1) is 14.9. The Morgan fingerprint density at radius 2 is 1.78 bits per heavy atom. The van der Waals surface area contributed by atoms with E-state index in [0.717, 1.165) is 6.07 Å². The van der Waals surface area contributed by atoms with Gasteiger partial charge in [0.05, 0.1) is 16.8 Å². The van der Waals surface area contributed by atoms with Crippen LogP contribution < -0.4 is 5.32 Å². The minimum atomic E-state index is -4.56. The predicted octanol–water partition coefficient (Wildman–Crippen LogP) is 3.30. The molecule has 0 atom stereocenters. The van der Waals surface area contributed by atoms with Crippen molar-refractivity contribution in [3.8, 4) is 0 Å². The molecular weight excluding hydrogens is 309 g/mol. The van der Waals surface area contributed by atoms with Gasteiger partial charge in [0.1, 0.15) is 5.52 Å². The van der Waals surface area contributed by atoms with Crippen LogP contribution in [0.3, 0.4) is 0 Å². The van der Waals surface area contributed by atoms with Gasteiger partial charge in [-0.05, 0) is 18.2 Å². The maximum atomic E-state index is 12.9. The van der Waals surface area contributed by atoms with Crippen molar-refractivity contribution < 1.29 is 18.0 Å². The zero-order valence-electron chi connectivity index (χ0n) is 11.5. The Labute approximate surface area is 128 Å². The number of nitrogens with zero attached hydrogens (tertiary/aromatic N) is 3. The van der Waals surface area contributed by atoms with Crippen molar-refractivity contribution in [3.05, 3.63) is 60.0 Å². The summed E-state index contributed by atoms with van der Waals surface area (Å²) in [5.74, 6) is -0.707. The summed E-state index contributed by atoms with van der Waals surface area (Å²) in [6, 6.07) is 6.18. The van der Waals surface area contributed by atoms with E-state index in [1.165, 1.54) is 42.9 Å². The topological polar surface area (TPSA) is 67.8 Å². The van der Waals surface area contributed by atoms with E-state index >= 15 is 0 Å². The van der Waals surface area contributed by atoms with Gasteiger partial charge >= 0.3 is 6.18 Å². The van der Waals surface area contributed by atoms with Crippen LogP contribution >= 0.6 is 0 Å². The fourth-order valence-electron chi connectivity index (χ4n) is 2.02. The molecule has 23 heavy (non-hydrogen) atoms. The Kier molecular flexibility index (Phi) is 3.65. The van der Waals surface area contributed by atoms with Crippen LogP contribution in [0, 0.1) is 0 Å². The zero-order valence-corrected chi connectivity index (χ0v) is 11.5. The molecule has 0 aliphatic carbocycles. The maximum Gasteiger partial charge on any atom is 0.418 e. The van der Waals surface area contributed by atoms with Crippen LogP contribution in [0.15, 0.2) is 48.9 Å². The van der Waals surface area contributed by atoms with Crippen LogP contribution in [0.4, 0.5) is 18.9 Å². The summed E-state index contributed by atoms with van der Waals surface area (Å²) in [5, 5.41) is 2.25. The number of aromatic nitrogens is 3. The summed E-state index contributed by atoms with van der Waals surface area (Å²) in [6.07, 6.45) is -0.432. The van der Waals surface area contributed by atoms with Crippen LogP contribution in [0.25, 0.3) is 11.2 Å². The van der Waals surface area contributed by atoms with Crippen molar-refractivity contribution in [2.75, 3.05) is 5.32 Å². The van der Waals surface area contributed by atoms with Gasteiger partial charge in [-0.3, -0.25) is 9.78 Å². The van der Waals surface area contributed by atoms with Gasteiger partial charge < -0.3 is 5.32 Å². The van der Waals surface area contributed by atoms with Gasteiger partial charge in [-0.15, -0.1) is 0 Å². The molecule has 0 unspecified atom stereocenters. The third-order valence-corrected chi connectivity index (χ3v) is 3.07. The van der Waals surface area contributed by atoms with Gasteiger partial charge in [-0.25, -0.2) is 9.97 Å². The van der Waals surface area contributed by atoms with Gasteiger partial charge in [0.25, 0.3) is 5.91 Å². The molecule has 0 fully saturated rings. The van der Waals surface area contributed by atoms with Gasteiger partial charge in [-0.2, -0.15) is 13.2 Å². The lowest BCUT2D eigenvalue weighted by molar-refractivity contribution is -0.136. The van der Waals surface area contributed by atoms with E-state index in [9.17, 15) is 18.0 Å². The van der Waals surface area contributed by atoms with Crippen molar-refractivity contribution >= 4 is 22.8 Å². The van der Waals surface area contributed by atoms with Gasteiger partial charge in [0.15, 0.2) is 5.65 Å². The Balaban J connectivity index is 1.92. The first-order valence-electron chi connectivity index (χ1n) is 6.49. The number of hydrogen-bond acceptors (Lipinski definition) is 4. The summed E-state index contributed by atoms with van der Waals surface area (Å²) in [5.41, 5.74) is -0.412. The molecule has 0 radical (unpaired) electrons. The fourth-order valence-corrected chi connectivity index (χ4v) is 2.02. The number of carbonyl (C=O) groups excluding carboxylic acids is 1. The number of fused-ring (bicyclic) bond motifs is 1. The minimum absolute atomic E-state index is 0.0926. The summed E-state index contributed by atoms with van der Waals surface area (Å²) in [6.45, 7) is 0. The standard InChI is InChI=1S/C15H9F3N4O/c16-15(17,18)10-3-1-2-4-11(10)22-14(23)9-7-12-13(21-8-9)20-6-5-19-12/h1-8H,(H,22,23). The molecule has 2 aromatic heterocycles. The maximum absolute atomic E-state index is 12.9. The quantitative estimate of drug-likeness (QED) is 0.787. The Bertz CT molecular complexity index is 880. The second-order valence-corrected chi connectivity index (χ2v) is 4.62. The molecule has 0 bridgehead atoms. The highest BCUT2D eigenvalue weighted by molar-refractivity contribution is 6.05. The number of carbonyl (C=O) groups is 1. The Morgan fingerprint density at radius 3 is 2.57 bits per heavy atom. The predicted molar refractivity (Wildman–Crippen MR) is 76.7 cm³/mol. The molecule has 3 rings (SSSR count). The molecular formula is C15H9F3N4O. The SMILES string of the molecule is O=C(Nc1ccccc1C(F)(F)F)c1cnc2nccnc2c1. The van der Waals surface area contributed by atoms with Gasteiger partial charge in [0, 0.05) is 18.6 Å². The lowest BCUT2D eigenvalue weighted by Gasteiger charge is -2.13. The van der Waals surface area contributed by atoms with E-state index < -0.39 is 17.6 Å². The number of pyridine rings is 1. The largest absolute Gasteiger partial charge is 0.418 e. The van der Waals surface area contributed by atoms with Crippen LogP contribution in [0.2, 0.25) is 0 Å². The smallest absolute Gasteiger partial charge is 0.321 e. The molecule has 0 aliphatic heterocycles. The highest BCUT2D eigenvalue weighted by Crippen LogP contribution is 2.34. The molecule has 1 aromatic carbocycles. The summed E-state index contributed by atoms with van der Waals surface area (Å²) in [4.78, 5) is 24.1. The molecule has 3 aromatic rings. The molecule has 0 spiro atoms. The lowest BCUT2D eigenvalue weighted by atomic mass is 10.1. The van der Waals surface area contributed by atoms with Crippen LogP contribution in [-0.2, 0) is 6.18 Å². The summed E-state index contributed by atoms with van der Waals surface area (Å²) < 4.78 is 38.8. The molecule has 1 N–H and O–H groups in total. The van der Waals surface area contributed by atoms with E-state index in [1.54, 1.807) is 0 Å². The van der Waals surface area contributed by atoms with E-state index in [0.29, 0.717) is 11.2 Å². The molecule has 8 heteroatoms. The highest BCUT2D eigenvalue weighted by atomic mass is 19.4. The number of amides is 1. The van der Waals surface area contributed by atoms with Gasteiger partial charge in [-0.1, -0.05) is 12.1 Å². The van der Waals surface area contributed by atoms with Crippen LogP contribution in [0.5, 0.6) is 0 Å². The molecule has 0 saturated carbocycles. The highest BCUT2D eigenvalue weighted by Gasteiger charge is 2.33. The Hall–Kier alpha value is -3.03. The number of hydrogen-bond donors (Lipinski definition) is 1. The number of alkyl halides is 3. The first-order chi connectivity index (χ1) is 10.9. The van der Waals surface area contributed by atoms with Crippen molar-refractivity contribution in [2.24, 2.45) is 0 Å². The molecule has 5 nitrogen and oxygen atoms in total. The first-order valence-corrected chi connectivity index (χ1v) is 6.49. The number of anilines is 1. The molecule has 0 aliphatic rings. The zero-order chi connectivity index (χ0) is 16.4. The van der Waals surface area contributed by atoms with E-state index in [4.69, 9.17) is 0 Å². The van der Waals surface area contributed by atoms with E-state index in [-0.39, 0.29) is 11.3 Å². The number of rotatable bonds is 2. The van der Waals surface area contributed by atoms with Gasteiger partial charge in [0.2, 0.25) is 0 Å². The third kappa shape index (κ3) is 3.10. The monoisotopic (exact) mass is 318 g/mol. The molecule has 116 valence electrons. The van der Waals surface area contributed by atoms with Crippen LogP contribution in [0.1, 0.15) is 15.9 Å². The van der Waals surface area contributed by atoms with E-state index in [1.807, 2.05) is 0 Å².